The Morgan fingerprint density at radius 3 is 3.00 bits per heavy atom. The second-order valence-corrected chi connectivity index (χ2v) is 4.02. The van der Waals surface area contributed by atoms with Crippen LogP contribution in [0.4, 0.5) is 5.88 Å². The molecule has 92 valence electrons. The molecular formula is C12H15NO4. The first-order valence-corrected chi connectivity index (χ1v) is 5.65. The molecule has 2 heterocycles. The lowest BCUT2D eigenvalue weighted by molar-refractivity contribution is -0.142. The second-order valence-electron chi connectivity index (χ2n) is 4.02. The largest absolute Gasteiger partial charge is 0.467 e. The van der Waals surface area contributed by atoms with Crippen LogP contribution >= 0.6 is 0 Å². The lowest BCUT2D eigenvalue weighted by atomic mass is 10.0. The van der Waals surface area contributed by atoms with E-state index in [0.717, 1.165) is 25.8 Å². The normalized spacial score (nSPS) is 20.1. The average Bonchev–Trinajstić information content (AvgIpc) is 2.86. The molecule has 5 heteroatoms. The number of piperidine rings is 1. The Morgan fingerprint density at radius 2 is 2.35 bits per heavy atom. The van der Waals surface area contributed by atoms with Gasteiger partial charge in [-0.3, -0.25) is 4.79 Å². The first-order valence-electron chi connectivity index (χ1n) is 5.65. The number of anilines is 1. The van der Waals surface area contributed by atoms with Crippen molar-refractivity contribution in [2.75, 3.05) is 18.6 Å². The van der Waals surface area contributed by atoms with Crippen LogP contribution in [0.3, 0.4) is 0 Å². The maximum Gasteiger partial charge on any atom is 0.328 e. The maximum atomic E-state index is 11.7. The summed E-state index contributed by atoms with van der Waals surface area (Å²) in [4.78, 5) is 24.1. The molecule has 0 aliphatic carbocycles. The minimum atomic E-state index is -0.306. The lowest BCUT2D eigenvalue weighted by Gasteiger charge is -2.33. The van der Waals surface area contributed by atoms with Crippen LogP contribution in [-0.4, -0.2) is 32.0 Å². The summed E-state index contributed by atoms with van der Waals surface area (Å²) in [6, 6.07) is 3.01. The van der Waals surface area contributed by atoms with Gasteiger partial charge in [-0.15, -0.1) is 0 Å². The van der Waals surface area contributed by atoms with Gasteiger partial charge >= 0.3 is 5.97 Å². The molecule has 0 amide bonds. The fourth-order valence-electron chi connectivity index (χ4n) is 2.14. The van der Waals surface area contributed by atoms with Gasteiger partial charge in [-0.25, -0.2) is 4.79 Å². The quantitative estimate of drug-likeness (QED) is 0.590. The lowest BCUT2D eigenvalue weighted by Crippen LogP contribution is -2.45. The Balaban J connectivity index is 2.20. The number of carbonyl (C=O) groups is 2. The summed E-state index contributed by atoms with van der Waals surface area (Å²) in [6.45, 7) is 0.742. The van der Waals surface area contributed by atoms with Crippen LogP contribution in [0.25, 0.3) is 0 Å². The highest BCUT2D eigenvalue weighted by Gasteiger charge is 2.31. The molecule has 1 aromatic heterocycles. The average molecular weight is 237 g/mol. The smallest absolute Gasteiger partial charge is 0.328 e. The molecule has 1 aliphatic heterocycles. The van der Waals surface area contributed by atoms with E-state index in [0.29, 0.717) is 12.2 Å². The van der Waals surface area contributed by atoms with Crippen molar-refractivity contribution in [2.24, 2.45) is 0 Å². The van der Waals surface area contributed by atoms with Crippen molar-refractivity contribution in [2.45, 2.75) is 25.3 Å². The number of aldehydes is 1. The van der Waals surface area contributed by atoms with Crippen LogP contribution in [0, 0.1) is 0 Å². The van der Waals surface area contributed by atoms with Gasteiger partial charge in [0.05, 0.1) is 7.11 Å². The number of rotatable bonds is 3. The van der Waals surface area contributed by atoms with Gasteiger partial charge in [-0.05, 0) is 25.3 Å². The zero-order valence-electron chi connectivity index (χ0n) is 9.72. The summed E-state index contributed by atoms with van der Waals surface area (Å²) in [7, 11) is 1.38. The predicted octanol–water partition coefficient (Wildman–Crippen LogP) is 1.62. The summed E-state index contributed by atoms with van der Waals surface area (Å²) in [5.74, 6) is 0.574. The first-order chi connectivity index (χ1) is 8.26. The van der Waals surface area contributed by atoms with Crippen LogP contribution in [0.2, 0.25) is 0 Å². The van der Waals surface area contributed by atoms with Crippen LogP contribution in [0.1, 0.15) is 29.8 Å². The molecule has 0 radical (unpaired) electrons. The van der Waals surface area contributed by atoms with E-state index in [1.54, 1.807) is 12.1 Å². The van der Waals surface area contributed by atoms with E-state index in [2.05, 4.69) is 0 Å². The number of hydrogen-bond acceptors (Lipinski definition) is 5. The third-order valence-electron chi connectivity index (χ3n) is 2.99. The Kier molecular flexibility index (Phi) is 3.46. The fourth-order valence-corrected chi connectivity index (χ4v) is 2.14. The van der Waals surface area contributed by atoms with Crippen molar-refractivity contribution in [3.05, 3.63) is 17.9 Å². The zero-order chi connectivity index (χ0) is 12.3. The number of ether oxygens (including phenoxy) is 1. The summed E-state index contributed by atoms with van der Waals surface area (Å²) in [6.07, 6.45) is 3.41. The Bertz CT molecular complexity index is 412. The highest BCUT2D eigenvalue weighted by atomic mass is 16.5. The van der Waals surface area contributed by atoms with E-state index >= 15 is 0 Å². The molecule has 1 saturated heterocycles. The molecule has 0 bridgehead atoms. The van der Waals surface area contributed by atoms with E-state index in [1.165, 1.54) is 7.11 Å². The topological polar surface area (TPSA) is 59.8 Å². The Hall–Kier alpha value is -1.78. The van der Waals surface area contributed by atoms with Crippen molar-refractivity contribution >= 4 is 18.1 Å². The fraction of sp³-hybridized carbons (Fsp3) is 0.500. The number of nitrogens with zero attached hydrogens (tertiary/aromatic N) is 1. The molecule has 0 saturated carbocycles. The van der Waals surface area contributed by atoms with Gasteiger partial charge in [-0.2, -0.15) is 0 Å². The molecule has 5 nitrogen and oxygen atoms in total. The molecule has 1 fully saturated rings. The number of carbonyl (C=O) groups excluding carboxylic acids is 2. The summed E-state index contributed by atoms with van der Waals surface area (Å²) in [5, 5.41) is 0. The molecule has 2 rings (SSSR count). The zero-order valence-corrected chi connectivity index (χ0v) is 9.72. The van der Waals surface area contributed by atoms with Crippen LogP contribution in [0.5, 0.6) is 0 Å². The number of furan rings is 1. The van der Waals surface area contributed by atoms with E-state index in [-0.39, 0.29) is 17.8 Å². The number of esters is 1. The molecule has 0 N–H and O–H groups in total. The Morgan fingerprint density at radius 1 is 1.53 bits per heavy atom. The van der Waals surface area contributed by atoms with Gasteiger partial charge in [0.15, 0.2) is 17.9 Å². The van der Waals surface area contributed by atoms with Crippen LogP contribution < -0.4 is 4.90 Å². The van der Waals surface area contributed by atoms with E-state index in [9.17, 15) is 9.59 Å². The highest BCUT2D eigenvalue weighted by Crippen LogP contribution is 2.26. The highest BCUT2D eigenvalue weighted by molar-refractivity contribution is 5.80. The molecular weight excluding hydrogens is 222 g/mol. The molecule has 1 aliphatic rings. The van der Waals surface area contributed by atoms with Crippen molar-refractivity contribution in [3.8, 4) is 0 Å². The monoisotopic (exact) mass is 237 g/mol. The SMILES string of the molecule is COC(=O)C1CCCCN1c1ccc(C=O)o1. The van der Waals surface area contributed by atoms with E-state index in [1.807, 2.05) is 4.90 Å². The number of methoxy groups -OCH3 is 1. The van der Waals surface area contributed by atoms with Crippen LogP contribution in [0.15, 0.2) is 16.5 Å². The third kappa shape index (κ3) is 2.33. The van der Waals surface area contributed by atoms with Gasteiger partial charge in [0, 0.05) is 12.6 Å². The van der Waals surface area contributed by atoms with Crippen molar-refractivity contribution in [1.82, 2.24) is 0 Å². The van der Waals surface area contributed by atoms with Crippen LogP contribution in [-0.2, 0) is 9.53 Å². The van der Waals surface area contributed by atoms with Gasteiger partial charge in [-0.1, -0.05) is 0 Å². The van der Waals surface area contributed by atoms with Crippen molar-refractivity contribution < 1.29 is 18.7 Å². The van der Waals surface area contributed by atoms with Gasteiger partial charge in [0.1, 0.15) is 6.04 Å². The standard InChI is InChI=1S/C12H15NO4/c1-16-12(15)10-4-2-3-7-13(10)11-6-5-9(8-14)17-11/h5-6,8,10H,2-4,7H2,1H3. The molecule has 17 heavy (non-hydrogen) atoms. The summed E-state index contributed by atoms with van der Waals surface area (Å²) < 4.78 is 10.1. The van der Waals surface area contributed by atoms with Gasteiger partial charge < -0.3 is 14.1 Å². The Labute approximate surface area is 99.3 Å². The molecule has 1 unspecified atom stereocenters. The van der Waals surface area contributed by atoms with E-state index < -0.39 is 0 Å². The predicted molar refractivity (Wildman–Crippen MR) is 61.1 cm³/mol. The summed E-state index contributed by atoms with van der Waals surface area (Å²) >= 11 is 0. The minimum Gasteiger partial charge on any atom is -0.467 e. The second kappa shape index (κ2) is 5.03. The molecule has 1 aromatic rings. The molecule has 0 aromatic carbocycles. The van der Waals surface area contributed by atoms with Crippen molar-refractivity contribution in [1.29, 1.82) is 0 Å². The van der Waals surface area contributed by atoms with Gasteiger partial charge in [0.25, 0.3) is 0 Å². The number of hydrogen-bond donors (Lipinski definition) is 0. The maximum absolute atomic E-state index is 11.7. The molecule has 1 atom stereocenters. The van der Waals surface area contributed by atoms with Crippen molar-refractivity contribution in [3.63, 3.8) is 0 Å². The third-order valence-corrected chi connectivity index (χ3v) is 2.99. The summed E-state index contributed by atoms with van der Waals surface area (Å²) in [5.41, 5.74) is 0. The van der Waals surface area contributed by atoms with E-state index in [4.69, 9.17) is 9.15 Å². The van der Waals surface area contributed by atoms with Gasteiger partial charge in [0.2, 0.25) is 0 Å². The molecule has 0 spiro atoms. The minimum absolute atomic E-state index is 0.256. The first kappa shape index (κ1) is 11.7.